The number of esters is 1. The van der Waals surface area contributed by atoms with E-state index in [9.17, 15) is 4.79 Å². The Morgan fingerprint density at radius 2 is 2.17 bits per heavy atom. The quantitative estimate of drug-likeness (QED) is 0.777. The van der Waals surface area contributed by atoms with E-state index in [1.54, 1.807) is 0 Å². The van der Waals surface area contributed by atoms with Gasteiger partial charge >= 0.3 is 5.97 Å². The number of fused-ring (bicyclic) bond motifs is 1. The van der Waals surface area contributed by atoms with Crippen molar-refractivity contribution in [2.75, 3.05) is 6.61 Å². The summed E-state index contributed by atoms with van der Waals surface area (Å²) in [5, 5.41) is 1.04. The first kappa shape index (κ1) is 11.3. The molecule has 0 unspecified atom stereocenters. The van der Waals surface area contributed by atoms with E-state index in [4.69, 9.17) is 9.15 Å². The third-order valence-corrected chi connectivity index (χ3v) is 3.77. The highest BCUT2D eigenvalue weighted by Crippen LogP contribution is 2.46. The van der Waals surface area contributed by atoms with Crippen LogP contribution in [0.25, 0.3) is 11.0 Å². The van der Waals surface area contributed by atoms with Gasteiger partial charge in [0.15, 0.2) is 0 Å². The van der Waals surface area contributed by atoms with Gasteiger partial charge in [0.2, 0.25) is 0 Å². The molecule has 1 saturated carbocycles. The number of rotatable bonds is 3. The van der Waals surface area contributed by atoms with Crippen LogP contribution in [0.4, 0.5) is 0 Å². The maximum Gasteiger partial charge on any atom is 0.319 e. The van der Waals surface area contributed by atoms with Gasteiger partial charge in [0.05, 0.1) is 6.61 Å². The van der Waals surface area contributed by atoms with Gasteiger partial charge in [-0.3, -0.25) is 4.79 Å². The molecule has 0 amide bonds. The van der Waals surface area contributed by atoms with Crippen molar-refractivity contribution in [2.24, 2.45) is 0 Å². The summed E-state index contributed by atoms with van der Waals surface area (Å²) < 4.78 is 11.0. The molecule has 0 atom stereocenters. The predicted molar refractivity (Wildman–Crippen MR) is 68.4 cm³/mol. The van der Waals surface area contributed by atoms with E-state index in [0.29, 0.717) is 6.61 Å². The number of carbonyl (C=O) groups is 1. The summed E-state index contributed by atoms with van der Waals surface area (Å²) in [7, 11) is 0. The maximum atomic E-state index is 12.1. The number of hydrogen-bond acceptors (Lipinski definition) is 3. The zero-order chi connectivity index (χ0) is 12.6. The van der Waals surface area contributed by atoms with Crippen LogP contribution in [0.15, 0.2) is 34.7 Å². The molecule has 0 saturated heterocycles. The fraction of sp³-hybridized carbons (Fsp3) is 0.400. The van der Waals surface area contributed by atoms with Crippen molar-refractivity contribution in [3.05, 3.63) is 36.1 Å². The van der Waals surface area contributed by atoms with E-state index in [0.717, 1.165) is 36.0 Å². The van der Waals surface area contributed by atoms with Crippen molar-refractivity contribution in [1.29, 1.82) is 0 Å². The van der Waals surface area contributed by atoms with Crippen molar-refractivity contribution >= 4 is 16.9 Å². The molecule has 94 valence electrons. The number of hydrogen-bond donors (Lipinski definition) is 0. The Morgan fingerprint density at radius 1 is 1.39 bits per heavy atom. The van der Waals surface area contributed by atoms with Crippen LogP contribution in [0, 0.1) is 0 Å². The Hall–Kier alpha value is -1.77. The van der Waals surface area contributed by atoms with Crippen molar-refractivity contribution in [3.8, 4) is 0 Å². The van der Waals surface area contributed by atoms with E-state index in [1.165, 1.54) is 0 Å². The van der Waals surface area contributed by atoms with E-state index in [2.05, 4.69) is 0 Å². The molecular formula is C15H16O3. The lowest BCUT2D eigenvalue weighted by Gasteiger charge is -2.37. The summed E-state index contributed by atoms with van der Waals surface area (Å²) in [6.07, 6.45) is 2.70. The first-order chi connectivity index (χ1) is 8.76. The topological polar surface area (TPSA) is 39.4 Å². The molecule has 1 heterocycles. The summed E-state index contributed by atoms with van der Waals surface area (Å²) in [5.41, 5.74) is 0.303. The van der Waals surface area contributed by atoms with Crippen LogP contribution in [0.5, 0.6) is 0 Å². The van der Waals surface area contributed by atoms with E-state index >= 15 is 0 Å². The fourth-order valence-electron chi connectivity index (χ4n) is 2.57. The van der Waals surface area contributed by atoms with Gasteiger partial charge in [-0.05, 0) is 31.9 Å². The van der Waals surface area contributed by atoms with Crippen LogP contribution >= 0.6 is 0 Å². The van der Waals surface area contributed by atoms with Crippen LogP contribution in [0.2, 0.25) is 0 Å². The van der Waals surface area contributed by atoms with Gasteiger partial charge < -0.3 is 9.15 Å². The minimum absolute atomic E-state index is 0.143. The van der Waals surface area contributed by atoms with Crippen molar-refractivity contribution < 1.29 is 13.9 Å². The average Bonchev–Trinajstić information content (AvgIpc) is 2.71. The standard InChI is InChI=1S/C15H16O3/c1-2-17-14(16)15(8-5-9-15)13-10-11-6-3-4-7-12(11)18-13/h3-4,6-7,10H,2,5,8-9H2,1H3. The Balaban J connectivity index is 2.03. The molecule has 1 aromatic carbocycles. The zero-order valence-electron chi connectivity index (χ0n) is 10.4. The van der Waals surface area contributed by atoms with Crippen molar-refractivity contribution in [3.63, 3.8) is 0 Å². The molecule has 2 aromatic rings. The molecule has 3 heteroatoms. The summed E-state index contributed by atoms with van der Waals surface area (Å²) in [6, 6.07) is 9.81. The molecule has 1 fully saturated rings. The van der Waals surface area contributed by atoms with Crippen LogP contribution in [0.1, 0.15) is 31.9 Å². The molecule has 3 nitrogen and oxygen atoms in total. The smallest absolute Gasteiger partial charge is 0.319 e. The highest BCUT2D eigenvalue weighted by Gasteiger charge is 2.49. The molecule has 0 aliphatic heterocycles. The Bertz CT molecular complexity index is 545. The number of furan rings is 1. The first-order valence-electron chi connectivity index (χ1n) is 6.42. The second kappa shape index (κ2) is 4.16. The minimum atomic E-state index is -0.533. The monoisotopic (exact) mass is 244 g/mol. The van der Waals surface area contributed by atoms with Gasteiger partial charge in [-0.25, -0.2) is 0 Å². The molecular weight excluding hydrogens is 228 g/mol. The second-order valence-corrected chi connectivity index (χ2v) is 4.80. The summed E-state index contributed by atoms with van der Waals surface area (Å²) >= 11 is 0. The number of benzene rings is 1. The zero-order valence-corrected chi connectivity index (χ0v) is 10.4. The van der Waals surface area contributed by atoms with E-state index < -0.39 is 5.41 Å². The second-order valence-electron chi connectivity index (χ2n) is 4.80. The Kier molecular flexibility index (Phi) is 2.62. The van der Waals surface area contributed by atoms with Crippen LogP contribution in [-0.2, 0) is 14.9 Å². The SMILES string of the molecule is CCOC(=O)C1(c2cc3ccccc3o2)CCC1. The number of para-hydroxylation sites is 1. The van der Waals surface area contributed by atoms with Crippen molar-refractivity contribution in [1.82, 2.24) is 0 Å². The van der Waals surface area contributed by atoms with E-state index in [-0.39, 0.29) is 5.97 Å². The molecule has 3 rings (SSSR count). The minimum Gasteiger partial charge on any atom is -0.465 e. The molecule has 1 aliphatic rings. The normalized spacial score (nSPS) is 17.4. The number of carbonyl (C=O) groups excluding carboxylic acids is 1. The third kappa shape index (κ3) is 1.54. The molecule has 1 aliphatic carbocycles. The summed E-state index contributed by atoms with van der Waals surface area (Å²) in [4.78, 5) is 12.1. The van der Waals surface area contributed by atoms with Gasteiger partial charge in [-0.2, -0.15) is 0 Å². The Labute approximate surface area is 106 Å². The van der Waals surface area contributed by atoms with Crippen LogP contribution in [-0.4, -0.2) is 12.6 Å². The first-order valence-corrected chi connectivity index (χ1v) is 6.42. The highest BCUT2D eigenvalue weighted by molar-refractivity contribution is 5.86. The van der Waals surface area contributed by atoms with Crippen molar-refractivity contribution in [2.45, 2.75) is 31.6 Å². The predicted octanol–water partition coefficient (Wildman–Crippen LogP) is 3.42. The Morgan fingerprint density at radius 3 is 2.78 bits per heavy atom. The maximum absolute atomic E-state index is 12.1. The van der Waals surface area contributed by atoms with Crippen LogP contribution in [0.3, 0.4) is 0 Å². The third-order valence-electron chi connectivity index (χ3n) is 3.77. The molecule has 18 heavy (non-hydrogen) atoms. The summed E-state index contributed by atoms with van der Waals surface area (Å²) in [5.74, 6) is 0.615. The molecule has 0 spiro atoms. The molecule has 0 radical (unpaired) electrons. The van der Waals surface area contributed by atoms with Crippen LogP contribution < -0.4 is 0 Å². The van der Waals surface area contributed by atoms with Gasteiger partial charge in [0.1, 0.15) is 16.8 Å². The lowest BCUT2D eigenvalue weighted by molar-refractivity contribution is -0.154. The molecule has 1 aromatic heterocycles. The van der Waals surface area contributed by atoms with Gasteiger partial charge in [0, 0.05) is 5.39 Å². The fourth-order valence-corrected chi connectivity index (χ4v) is 2.57. The average molecular weight is 244 g/mol. The lowest BCUT2D eigenvalue weighted by atomic mass is 9.67. The van der Waals surface area contributed by atoms with Gasteiger partial charge in [-0.15, -0.1) is 0 Å². The molecule has 0 N–H and O–H groups in total. The van der Waals surface area contributed by atoms with Gasteiger partial charge in [-0.1, -0.05) is 24.6 Å². The molecule has 0 bridgehead atoms. The van der Waals surface area contributed by atoms with Gasteiger partial charge in [0.25, 0.3) is 0 Å². The summed E-state index contributed by atoms with van der Waals surface area (Å²) in [6.45, 7) is 2.25. The van der Waals surface area contributed by atoms with E-state index in [1.807, 2.05) is 37.3 Å². The highest BCUT2D eigenvalue weighted by atomic mass is 16.5. The lowest BCUT2D eigenvalue weighted by Crippen LogP contribution is -2.43. The largest absolute Gasteiger partial charge is 0.465 e. The number of ether oxygens (including phenoxy) is 1.